The molecule has 0 unspecified atom stereocenters. The van der Waals surface area contributed by atoms with E-state index in [2.05, 4.69) is 30.8 Å². The first-order valence-corrected chi connectivity index (χ1v) is 10.2. The molecule has 7 nitrogen and oxygen atoms in total. The van der Waals surface area contributed by atoms with E-state index < -0.39 is 10.0 Å². The van der Waals surface area contributed by atoms with Gasteiger partial charge >= 0.3 is 0 Å². The maximum Gasteiger partial charge on any atom is 0.279 e. The van der Waals surface area contributed by atoms with Crippen molar-refractivity contribution in [3.05, 3.63) is 39.6 Å². The predicted molar refractivity (Wildman–Crippen MR) is 98.4 cm³/mol. The fourth-order valence-corrected chi connectivity index (χ4v) is 4.45. The molecular formula is C16H19BrN4O3S. The van der Waals surface area contributed by atoms with Crippen LogP contribution in [0.4, 0.5) is 5.69 Å². The summed E-state index contributed by atoms with van der Waals surface area (Å²) in [7, 11) is -2.13. The molecule has 1 aliphatic rings. The number of amides is 1. The lowest BCUT2D eigenvalue weighted by Gasteiger charge is -2.16. The van der Waals surface area contributed by atoms with E-state index in [9.17, 15) is 13.2 Å². The first-order valence-electron chi connectivity index (χ1n) is 7.88. The van der Waals surface area contributed by atoms with E-state index in [0.29, 0.717) is 23.1 Å². The molecule has 0 saturated carbocycles. The van der Waals surface area contributed by atoms with Crippen LogP contribution in [0.25, 0.3) is 0 Å². The zero-order valence-electron chi connectivity index (χ0n) is 14.1. The first kappa shape index (κ1) is 18.1. The van der Waals surface area contributed by atoms with Crippen LogP contribution in [0.1, 0.15) is 41.5 Å². The molecule has 1 aliphatic heterocycles. The van der Waals surface area contributed by atoms with Crippen molar-refractivity contribution in [2.75, 3.05) is 18.5 Å². The molecule has 1 amide bonds. The molecule has 0 bridgehead atoms. The van der Waals surface area contributed by atoms with Gasteiger partial charge in [-0.05, 0) is 59.1 Å². The smallest absolute Gasteiger partial charge is 0.279 e. The zero-order valence-corrected chi connectivity index (χ0v) is 16.5. The summed E-state index contributed by atoms with van der Waals surface area (Å²) in [6.45, 7) is 4.52. The number of fused-ring (bicyclic) bond motifs is 1. The number of H-pyrrole nitrogens is 1. The molecule has 2 heterocycles. The number of aromatic nitrogens is 2. The predicted octanol–water partition coefficient (Wildman–Crippen LogP) is 2.41. The summed E-state index contributed by atoms with van der Waals surface area (Å²) in [5.74, 6) is 0.00148. The molecule has 3 rings (SSSR count). The maximum absolute atomic E-state index is 12.9. The Labute approximate surface area is 155 Å². The van der Waals surface area contributed by atoms with Gasteiger partial charge in [-0.25, -0.2) is 13.1 Å². The molecule has 0 atom stereocenters. The molecule has 9 heteroatoms. The lowest BCUT2D eigenvalue weighted by Crippen LogP contribution is -2.29. The number of halogens is 1. The topological polar surface area (TPSA) is 95.2 Å². The summed E-state index contributed by atoms with van der Waals surface area (Å²) in [6.07, 6.45) is 0.604. The van der Waals surface area contributed by atoms with Crippen molar-refractivity contribution in [1.29, 1.82) is 0 Å². The molecular weight excluding hydrogens is 408 g/mol. The number of aromatic amines is 1. The average Bonchev–Trinajstić information content (AvgIpc) is 3.17. The highest BCUT2D eigenvalue weighted by Gasteiger charge is 2.30. The first-order chi connectivity index (χ1) is 11.8. The van der Waals surface area contributed by atoms with Gasteiger partial charge in [0.25, 0.3) is 5.91 Å². The summed E-state index contributed by atoms with van der Waals surface area (Å²) in [5, 5.41) is 7.06. The molecule has 0 radical (unpaired) electrons. The van der Waals surface area contributed by atoms with Gasteiger partial charge < -0.3 is 4.90 Å². The van der Waals surface area contributed by atoms with Gasteiger partial charge in [0, 0.05) is 12.2 Å². The molecule has 2 N–H and O–H groups in total. The van der Waals surface area contributed by atoms with E-state index in [1.54, 1.807) is 17.0 Å². The van der Waals surface area contributed by atoms with E-state index in [4.69, 9.17) is 0 Å². The number of rotatable bonds is 4. The number of hydrogen-bond donors (Lipinski definition) is 2. The minimum Gasteiger partial charge on any atom is -0.306 e. The average molecular weight is 427 g/mol. The third kappa shape index (κ3) is 3.11. The van der Waals surface area contributed by atoms with Crippen LogP contribution in [0.3, 0.4) is 0 Å². The van der Waals surface area contributed by atoms with Crippen LogP contribution in [-0.2, 0) is 16.4 Å². The third-order valence-corrected chi connectivity index (χ3v) is 6.50. The van der Waals surface area contributed by atoms with E-state index in [0.717, 1.165) is 16.9 Å². The minimum absolute atomic E-state index is 0.200. The molecule has 0 saturated heterocycles. The Hall–Kier alpha value is -1.71. The van der Waals surface area contributed by atoms with Crippen LogP contribution < -0.4 is 9.62 Å². The van der Waals surface area contributed by atoms with Gasteiger partial charge in [0.15, 0.2) is 5.69 Å². The number of nitrogens with zero attached hydrogens (tertiary/aromatic N) is 2. The number of nitrogens with one attached hydrogen (secondary N) is 2. The number of carbonyl (C=O) groups is 1. The summed E-state index contributed by atoms with van der Waals surface area (Å²) in [6, 6.07) is 4.80. The van der Waals surface area contributed by atoms with Crippen molar-refractivity contribution < 1.29 is 13.2 Å². The Morgan fingerprint density at radius 3 is 2.72 bits per heavy atom. The van der Waals surface area contributed by atoms with E-state index in [-0.39, 0.29) is 16.7 Å². The van der Waals surface area contributed by atoms with Crippen LogP contribution in [0, 0.1) is 0 Å². The van der Waals surface area contributed by atoms with Gasteiger partial charge in [-0.1, -0.05) is 13.8 Å². The van der Waals surface area contributed by atoms with Crippen molar-refractivity contribution in [2.24, 2.45) is 0 Å². The van der Waals surface area contributed by atoms with Crippen LogP contribution in [-0.4, -0.2) is 38.1 Å². The lowest BCUT2D eigenvalue weighted by atomic mass is 10.1. The van der Waals surface area contributed by atoms with E-state index in [1.165, 1.54) is 13.1 Å². The van der Waals surface area contributed by atoms with Crippen LogP contribution in [0.5, 0.6) is 0 Å². The SMILES string of the molecule is CNS(=O)(=O)c1ccc2c(c1)CCN2C(=O)c1n[nH]c(C(C)C)c1Br. The molecule has 0 spiro atoms. The standard InChI is InChI=1S/C16H19BrN4O3S/c1-9(2)14-13(17)15(20-19-14)16(22)21-7-6-10-8-11(4-5-12(10)21)25(23,24)18-3/h4-5,8-9,18H,6-7H2,1-3H3,(H,19,20). The second-order valence-electron chi connectivity index (χ2n) is 6.16. The number of hydrogen-bond acceptors (Lipinski definition) is 4. The molecule has 1 aromatic heterocycles. The lowest BCUT2D eigenvalue weighted by molar-refractivity contribution is 0.0984. The third-order valence-electron chi connectivity index (χ3n) is 4.28. The normalized spacial score (nSPS) is 14.2. The minimum atomic E-state index is -3.50. The maximum atomic E-state index is 12.9. The Morgan fingerprint density at radius 1 is 1.40 bits per heavy atom. The van der Waals surface area contributed by atoms with Crippen molar-refractivity contribution in [1.82, 2.24) is 14.9 Å². The van der Waals surface area contributed by atoms with Gasteiger partial charge in [-0.3, -0.25) is 9.89 Å². The Morgan fingerprint density at radius 2 is 2.12 bits per heavy atom. The second-order valence-corrected chi connectivity index (χ2v) is 8.84. The quantitative estimate of drug-likeness (QED) is 0.784. The molecule has 25 heavy (non-hydrogen) atoms. The Balaban J connectivity index is 1.94. The van der Waals surface area contributed by atoms with E-state index in [1.807, 2.05) is 13.8 Å². The monoisotopic (exact) mass is 426 g/mol. The van der Waals surface area contributed by atoms with E-state index >= 15 is 0 Å². The Kier molecular flexibility index (Phi) is 4.74. The molecule has 1 aromatic carbocycles. The fourth-order valence-electron chi connectivity index (χ4n) is 2.87. The summed E-state index contributed by atoms with van der Waals surface area (Å²) in [4.78, 5) is 14.7. The van der Waals surface area contributed by atoms with Crippen molar-refractivity contribution >= 4 is 37.5 Å². The summed E-state index contributed by atoms with van der Waals surface area (Å²) < 4.78 is 26.9. The van der Waals surface area contributed by atoms with Crippen LogP contribution in [0.2, 0.25) is 0 Å². The highest BCUT2D eigenvalue weighted by molar-refractivity contribution is 9.10. The number of benzene rings is 1. The highest BCUT2D eigenvalue weighted by atomic mass is 79.9. The van der Waals surface area contributed by atoms with Crippen LogP contribution in [0.15, 0.2) is 27.6 Å². The summed E-state index contributed by atoms with van der Waals surface area (Å²) in [5.41, 5.74) is 2.77. The van der Waals surface area contributed by atoms with Crippen molar-refractivity contribution in [2.45, 2.75) is 31.1 Å². The fraction of sp³-hybridized carbons (Fsp3) is 0.375. The van der Waals surface area contributed by atoms with Gasteiger partial charge in [-0.2, -0.15) is 5.10 Å². The molecule has 0 fully saturated rings. The Bertz CT molecular complexity index is 937. The number of carbonyl (C=O) groups excluding carboxylic acids is 1. The van der Waals surface area contributed by atoms with Crippen molar-refractivity contribution in [3.63, 3.8) is 0 Å². The highest BCUT2D eigenvalue weighted by Crippen LogP contribution is 2.33. The van der Waals surface area contributed by atoms with Gasteiger partial charge in [0.2, 0.25) is 10.0 Å². The van der Waals surface area contributed by atoms with Gasteiger partial charge in [0.05, 0.1) is 15.1 Å². The van der Waals surface area contributed by atoms with Gasteiger partial charge in [0.1, 0.15) is 0 Å². The van der Waals surface area contributed by atoms with Crippen LogP contribution >= 0.6 is 15.9 Å². The molecule has 0 aliphatic carbocycles. The molecule has 2 aromatic rings. The largest absolute Gasteiger partial charge is 0.306 e. The zero-order chi connectivity index (χ0) is 18.4. The second kappa shape index (κ2) is 6.54. The summed E-state index contributed by atoms with van der Waals surface area (Å²) >= 11 is 3.46. The number of sulfonamides is 1. The number of anilines is 1. The van der Waals surface area contributed by atoms with Gasteiger partial charge in [-0.15, -0.1) is 0 Å². The van der Waals surface area contributed by atoms with Crippen molar-refractivity contribution in [3.8, 4) is 0 Å². The molecule has 134 valence electrons.